The van der Waals surface area contributed by atoms with Gasteiger partial charge in [0.15, 0.2) is 0 Å². The number of hydrogen-bond acceptors (Lipinski definition) is 5. The summed E-state index contributed by atoms with van der Waals surface area (Å²) >= 11 is 6.10. The lowest BCUT2D eigenvalue weighted by Gasteiger charge is -2.50. The highest BCUT2D eigenvalue weighted by molar-refractivity contribution is 6.30. The van der Waals surface area contributed by atoms with Gasteiger partial charge in [0, 0.05) is 28.9 Å². The maximum atomic E-state index is 13.4. The number of benzene rings is 1. The number of amides is 1. The summed E-state index contributed by atoms with van der Waals surface area (Å²) in [4.78, 5) is 39.6. The van der Waals surface area contributed by atoms with Crippen LogP contribution in [-0.4, -0.2) is 33.7 Å². The number of halogens is 1. The maximum Gasteiger partial charge on any atom is 0.312 e. The molecular formula is C27H32ClN2O5-. The molecule has 1 N–H and O–H groups in total. The Labute approximate surface area is 210 Å². The molecule has 8 heteroatoms. The van der Waals surface area contributed by atoms with Crippen LogP contribution in [0.4, 0.5) is 0 Å². The van der Waals surface area contributed by atoms with Gasteiger partial charge >= 0.3 is 5.97 Å². The van der Waals surface area contributed by atoms with Crippen molar-refractivity contribution >= 4 is 23.5 Å². The zero-order chi connectivity index (χ0) is 25.5. The number of carbonyl (C=O) groups excluding carboxylic acids is 2. The van der Waals surface area contributed by atoms with Crippen molar-refractivity contribution in [1.29, 1.82) is 0 Å². The summed E-state index contributed by atoms with van der Waals surface area (Å²) in [6, 6.07) is 7.07. The van der Waals surface area contributed by atoms with E-state index in [9.17, 15) is 19.5 Å². The fraction of sp³-hybridized carbons (Fsp3) is 0.519. The van der Waals surface area contributed by atoms with Crippen LogP contribution >= 0.6 is 11.6 Å². The van der Waals surface area contributed by atoms with Crippen LogP contribution < -0.4 is 16.0 Å². The average Bonchev–Trinajstić information content (AvgIpc) is 3.17. The molecule has 0 atom stereocenters. The molecular weight excluding hydrogens is 468 g/mol. The number of rotatable bonds is 6. The molecule has 2 aliphatic carbocycles. The molecule has 0 bridgehead atoms. The lowest BCUT2D eigenvalue weighted by Crippen LogP contribution is -2.56. The van der Waals surface area contributed by atoms with Gasteiger partial charge in [-0.15, -0.1) is 5.60 Å². The number of pyridine rings is 1. The van der Waals surface area contributed by atoms with Gasteiger partial charge in [0.25, 0.3) is 11.5 Å². The van der Waals surface area contributed by atoms with Crippen molar-refractivity contribution < 1.29 is 19.4 Å². The van der Waals surface area contributed by atoms with E-state index in [0.717, 1.165) is 31.2 Å². The first kappa shape index (κ1) is 25.5. The van der Waals surface area contributed by atoms with Crippen LogP contribution in [0.5, 0.6) is 0 Å². The van der Waals surface area contributed by atoms with Gasteiger partial charge in [-0.25, -0.2) is 0 Å². The summed E-state index contributed by atoms with van der Waals surface area (Å²) in [6.07, 6.45) is 3.81. The smallest absolute Gasteiger partial charge is 0.312 e. The van der Waals surface area contributed by atoms with E-state index in [4.69, 9.17) is 16.3 Å². The molecule has 2 aliphatic rings. The lowest BCUT2D eigenvalue weighted by molar-refractivity contribution is -0.501. The zero-order valence-electron chi connectivity index (χ0n) is 20.7. The fourth-order valence-corrected chi connectivity index (χ4v) is 5.53. The molecule has 0 saturated heterocycles. The quantitative estimate of drug-likeness (QED) is 0.613. The van der Waals surface area contributed by atoms with Gasteiger partial charge in [0.2, 0.25) is 0 Å². The number of ether oxygens (including phenoxy) is 1. The number of carbonyl (C=O) groups is 2. The topological polar surface area (TPSA) is 100 Å². The molecule has 4 rings (SSSR count). The Morgan fingerprint density at radius 1 is 1.17 bits per heavy atom. The van der Waals surface area contributed by atoms with Crippen molar-refractivity contribution in [2.75, 3.05) is 0 Å². The van der Waals surface area contributed by atoms with Gasteiger partial charge in [-0.1, -0.05) is 43.5 Å². The van der Waals surface area contributed by atoms with Gasteiger partial charge in [0.1, 0.15) is 11.7 Å². The molecule has 2 fully saturated rings. The van der Waals surface area contributed by atoms with Gasteiger partial charge in [-0.05, 0) is 62.8 Å². The number of aromatic nitrogens is 1. The average molecular weight is 500 g/mol. The number of hydrogen-bond donors (Lipinski definition) is 1. The second-order valence-corrected chi connectivity index (χ2v) is 11.0. The van der Waals surface area contributed by atoms with Crippen molar-refractivity contribution in [3.63, 3.8) is 0 Å². The van der Waals surface area contributed by atoms with E-state index in [-0.39, 0.29) is 30.4 Å². The Kier molecular flexibility index (Phi) is 6.86. The Morgan fingerprint density at radius 2 is 1.77 bits per heavy atom. The van der Waals surface area contributed by atoms with Crippen molar-refractivity contribution in [3.8, 4) is 11.1 Å². The van der Waals surface area contributed by atoms with E-state index < -0.39 is 29.1 Å². The van der Waals surface area contributed by atoms with Crippen molar-refractivity contribution in [2.45, 2.75) is 83.0 Å². The molecule has 1 amide bonds. The standard InChI is InChI=1S/C27H32ClN2O5/c1-16-22(17-7-9-18(28)10-8-17)20(13-21(31)35-19-14-27(3,34)15-19)30(4)25(33)23(16)24(32)29-26(2)11-5-6-12-26/h7-10,19H,5-6,11-15H2,1-4H3,(H,29,32)/q-1. The molecule has 0 unspecified atom stereocenters. The van der Waals surface area contributed by atoms with Gasteiger partial charge in [-0.3, -0.25) is 14.4 Å². The monoisotopic (exact) mass is 499 g/mol. The molecule has 7 nitrogen and oxygen atoms in total. The van der Waals surface area contributed by atoms with Crippen molar-refractivity contribution in [1.82, 2.24) is 9.88 Å². The highest BCUT2D eigenvalue weighted by Crippen LogP contribution is 2.34. The van der Waals surface area contributed by atoms with Crippen molar-refractivity contribution in [2.24, 2.45) is 7.05 Å². The summed E-state index contributed by atoms with van der Waals surface area (Å²) in [6.45, 7) is 5.34. The third-order valence-electron chi connectivity index (χ3n) is 7.37. The first-order chi connectivity index (χ1) is 16.4. The molecule has 0 radical (unpaired) electrons. The molecule has 0 aliphatic heterocycles. The normalized spacial score (nSPS) is 23.0. The van der Waals surface area contributed by atoms with Crippen LogP contribution in [0.2, 0.25) is 5.02 Å². The van der Waals surface area contributed by atoms with E-state index in [1.165, 1.54) is 4.57 Å². The molecule has 0 spiro atoms. The van der Waals surface area contributed by atoms with Crippen LogP contribution in [0.25, 0.3) is 11.1 Å². The maximum absolute atomic E-state index is 13.4. The van der Waals surface area contributed by atoms with Crippen LogP contribution in [0.1, 0.15) is 74.0 Å². The SMILES string of the molecule is Cc1c(-c2ccc(Cl)cc2)c(CC(=O)OC2CC(C)([O-])C2)n(C)c(=O)c1C(=O)NC1(C)CCCC1. The number of nitrogens with one attached hydrogen (secondary N) is 1. The van der Waals surface area contributed by atoms with Crippen LogP contribution in [0.3, 0.4) is 0 Å². The van der Waals surface area contributed by atoms with Gasteiger partial charge in [-0.2, -0.15) is 0 Å². The van der Waals surface area contributed by atoms with E-state index in [1.807, 2.05) is 6.92 Å². The third kappa shape index (κ3) is 5.31. The fourth-order valence-electron chi connectivity index (χ4n) is 5.40. The van der Waals surface area contributed by atoms with Crippen LogP contribution in [0, 0.1) is 6.92 Å². The predicted molar refractivity (Wildman–Crippen MR) is 132 cm³/mol. The van der Waals surface area contributed by atoms with E-state index >= 15 is 0 Å². The summed E-state index contributed by atoms with van der Waals surface area (Å²) in [5.74, 6) is -0.910. The summed E-state index contributed by atoms with van der Waals surface area (Å²) in [5, 5.41) is 15.5. The Hall–Kier alpha value is -2.64. The molecule has 2 saturated carbocycles. The Bertz CT molecular complexity index is 1200. The van der Waals surface area contributed by atoms with E-state index in [0.29, 0.717) is 21.8 Å². The minimum atomic E-state index is -1.06. The van der Waals surface area contributed by atoms with E-state index in [1.54, 1.807) is 45.2 Å². The number of esters is 1. The molecule has 35 heavy (non-hydrogen) atoms. The Morgan fingerprint density at radius 3 is 2.34 bits per heavy atom. The molecule has 2 aromatic rings. The first-order valence-corrected chi connectivity index (χ1v) is 12.5. The van der Waals surface area contributed by atoms with Crippen molar-refractivity contribution in [3.05, 3.63) is 56.5 Å². The van der Waals surface area contributed by atoms with Gasteiger partial charge in [0.05, 0.1) is 6.42 Å². The predicted octanol–water partition coefficient (Wildman–Crippen LogP) is 3.44. The first-order valence-electron chi connectivity index (χ1n) is 12.1. The summed E-state index contributed by atoms with van der Waals surface area (Å²) < 4.78 is 6.86. The van der Waals surface area contributed by atoms with E-state index in [2.05, 4.69) is 5.32 Å². The minimum absolute atomic E-state index is 0.0730. The molecule has 188 valence electrons. The zero-order valence-corrected chi connectivity index (χ0v) is 21.5. The summed E-state index contributed by atoms with van der Waals surface area (Å²) in [5.41, 5.74) is 0.541. The summed E-state index contributed by atoms with van der Waals surface area (Å²) in [7, 11) is 1.57. The minimum Gasteiger partial charge on any atom is -0.849 e. The lowest BCUT2D eigenvalue weighted by atomic mass is 9.79. The van der Waals surface area contributed by atoms with Crippen LogP contribution in [-0.2, 0) is 23.0 Å². The van der Waals surface area contributed by atoms with Gasteiger partial charge < -0.3 is 19.7 Å². The molecule has 1 aromatic heterocycles. The highest BCUT2D eigenvalue weighted by Gasteiger charge is 2.35. The Balaban J connectivity index is 1.74. The second-order valence-electron chi connectivity index (χ2n) is 10.6. The number of nitrogens with zero attached hydrogens (tertiary/aromatic N) is 1. The largest absolute Gasteiger partial charge is 0.849 e. The highest BCUT2D eigenvalue weighted by atomic mass is 35.5. The molecule has 1 heterocycles. The third-order valence-corrected chi connectivity index (χ3v) is 7.63. The second kappa shape index (κ2) is 9.43. The van der Waals surface area contributed by atoms with Crippen LogP contribution in [0.15, 0.2) is 29.1 Å². The molecule has 1 aromatic carbocycles.